The predicted molar refractivity (Wildman–Crippen MR) is 81.4 cm³/mol. The van der Waals surface area contributed by atoms with Crippen molar-refractivity contribution in [3.8, 4) is 0 Å². The van der Waals surface area contributed by atoms with Crippen LogP contribution in [0.1, 0.15) is 40.0 Å². The molecular formula is C14H27N3S. The van der Waals surface area contributed by atoms with Gasteiger partial charge in [-0.3, -0.25) is 9.89 Å². The zero-order valence-corrected chi connectivity index (χ0v) is 12.8. The lowest BCUT2D eigenvalue weighted by Gasteiger charge is -2.31. The molecule has 4 heteroatoms. The van der Waals surface area contributed by atoms with E-state index in [4.69, 9.17) is 4.99 Å². The smallest absolute Gasteiger partial charge is 0.156 e. The van der Waals surface area contributed by atoms with Crippen molar-refractivity contribution in [2.45, 2.75) is 52.1 Å². The highest BCUT2D eigenvalue weighted by atomic mass is 32.2. The zero-order chi connectivity index (χ0) is 13.0. The van der Waals surface area contributed by atoms with E-state index in [9.17, 15) is 0 Å². The SMILES string of the molecule is CC(C)C1CSC(=NCC(C)N2CCCCC2)N1. The number of hydrogen-bond acceptors (Lipinski definition) is 3. The van der Waals surface area contributed by atoms with Crippen molar-refractivity contribution in [1.82, 2.24) is 10.2 Å². The molecule has 0 aliphatic carbocycles. The summed E-state index contributed by atoms with van der Waals surface area (Å²) in [6.07, 6.45) is 4.14. The van der Waals surface area contributed by atoms with Gasteiger partial charge in [0.05, 0.1) is 6.54 Å². The zero-order valence-electron chi connectivity index (χ0n) is 12.0. The number of piperidine rings is 1. The van der Waals surface area contributed by atoms with Crippen molar-refractivity contribution < 1.29 is 0 Å². The summed E-state index contributed by atoms with van der Waals surface area (Å²) in [4.78, 5) is 7.35. The fraction of sp³-hybridized carbons (Fsp3) is 0.929. The molecule has 2 aliphatic heterocycles. The van der Waals surface area contributed by atoms with Crippen molar-refractivity contribution in [2.24, 2.45) is 10.9 Å². The molecule has 3 nitrogen and oxygen atoms in total. The molecule has 2 aliphatic rings. The number of thioether (sulfide) groups is 1. The Bertz CT molecular complexity index is 285. The summed E-state index contributed by atoms with van der Waals surface area (Å²) in [7, 11) is 0. The molecule has 0 spiro atoms. The van der Waals surface area contributed by atoms with Gasteiger partial charge in [0.25, 0.3) is 0 Å². The van der Waals surface area contributed by atoms with Gasteiger partial charge in [-0.2, -0.15) is 0 Å². The number of likely N-dealkylation sites (tertiary alicyclic amines) is 1. The maximum absolute atomic E-state index is 4.76. The molecule has 0 saturated carbocycles. The van der Waals surface area contributed by atoms with E-state index in [1.165, 1.54) is 38.1 Å². The number of nitrogens with one attached hydrogen (secondary N) is 1. The van der Waals surface area contributed by atoms with Crippen molar-refractivity contribution in [2.75, 3.05) is 25.4 Å². The van der Waals surface area contributed by atoms with Crippen LogP contribution in [0.2, 0.25) is 0 Å². The van der Waals surface area contributed by atoms with Crippen LogP contribution in [0.4, 0.5) is 0 Å². The number of hydrogen-bond donors (Lipinski definition) is 1. The first-order chi connectivity index (χ1) is 8.66. The van der Waals surface area contributed by atoms with E-state index in [-0.39, 0.29) is 0 Å². The summed E-state index contributed by atoms with van der Waals surface area (Å²) < 4.78 is 0. The molecule has 0 radical (unpaired) electrons. The van der Waals surface area contributed by atoms with E-state index >= 15 is 0 Å². The van der Waals surface area contributed by atoms with Gasteiger partial charge in [0.2, 0.25) is 0 Å². The summed E-state index contributed by atoms with van der Waals surface area (Å²) in [5.74, 6) is 1.87. The normalized spacial score (nSPS) is 29.8. The quantitative estimate of drug-likeness (QED) is 0.850. The lowest BCUT2D eigenvalue weighted by Crippen LogP contribution is -2.39. The Morgan fingerprint density at radius 3 is 2.61 bits per heavy atom. The molecule has 0 bridgehead atoms. The maximum atomic E-state index is 4.76. The summed E-state index contributed by atoms with van der Waals surface area (Å²) in [6, 6.07) is 1.21. The van der Waals surface area contributed by atoms with Crippen LogP contribution in [-0.2, 0) is 0 Å². The van der Waals surface area contributed by atoms with E-state index in [1.54, 1.807) is 0 Å². The van der Waals surface area contributed by atoms with Gasteiger partial charge in [-0.05, 0) is 38.8 Å². The molecular weight excluding hydrogens is 242 g/mol. The van der Waals surface area contributed by atoms with Gasteiger partial charge in [0.1, 0.15) is 0 Å². The Morgan fingerprint density at radius 1 is 1.28 bits per heavy atom. The van der Waals surface area contributed by atoms with Crippen LogP contribution in [0.15, 0.2) is 4.99 Å². The number of rotatable bonds is 4. The van der Waals surface area contributed by atoms with Crippen LogP contribution >= 0.6 is 11.8 Å². The first-order valence-corrected chi connectivity index (χ1v) is 8.33. The van der Waals surface area contributed by atoms with Crippen LogP contribution in [-0.4, -0.2) is 47.5 Å². The minimum absolute atomic E-state index is 0.596. The van der Waals surface area contributed by atoms with Gasteiger partial charge in [0.15, 0.2) is 5.17 Å². The topological polar surface area (TPSA) is 27.6 Å². The average molecular weight is 269 g/mol. The van der Waals surface area contributed by atoms with Crippen molar-refractivity contribution >= 4 is 16.9 Å². The van der Waals surface area contributed by atoms with E-state index in [0.29, 0.717) is 18.0 Å². The van der Waals surface area contributed by atoms with E-state index in [1.807, 2.05) is 11.8 Å². The van der Waals surface area contributed by atoms with Gasteiger partial charge in [0, 0.05) is 17.8 Å². The third kappa shape index (κ3) is 3.89. The Balaban J connectivity index is 1.76. The predicted octanol–water partition coefficient (Wildman–Crippen LogP) is 2.58. The first kappa shape index (κ1) is 14.2. The molecule has 1 N–H and O–H groups in total. The summed E-state index contributed by atoms with van der Waals surface area (Å²) in [5, 5.41) is 4.71. The van der Waals surface area contributed by atoms with Crippen LogP contribution in [0.25, 0.3) is 0 Å². The van der Waals surface area contributed by atoms with Crippen molar-refractivity contribution in [1.29, 1.82) is 0 Å². The molecule has 2 unspecified atom stereocenters. The lowest BCUT2D eigenvalue weighted by molar-refractivity contribution is 0.178. The molecule has 18 heavy (non-hydrogen) atoms. The summed E-state index contributed by atoms with van der Waals surface area (Å²) >= 11 is 1.89. The summed E-state index contributed by atoms with van der Waals surface area (Å²) in [5.41, 5.74) is 0. The fourth-order valence-corrected chi connectivity index (χ4v) is 3.76. The minimum Gasteiger partial charge on any atom is -0.361 e. The van der Waals surface area contributed by atoms with E-state index in [0.717, 1.165) is 11.7 Å². The van der Waals surface area contributed by atoms with Gasteiger partial charge in [-0.25, -0.2) is 0 Å². The molecule has 104 valence electrons. The molecule has 2 heterocycles. The second-order valence-corrected chi connectivity index (χ2v) is 6.91. The lowest BCUT2D eigenvalue weighted by atomic mass is 10.1. The van der Waals surface area contributed by atoms with Crippen LogP contribution in [0.5, 0.6) is 0 Å². The molecule has 0 aromatic carbocycles. The third-order valence-electron chi connectivity index (χ3n) is 4.03. The molecule has 2 fully saturated rings. The Morgan fingerprint density at radius 2 is 2.00 bits per heavy atom. The van der Waals surface area contributed by atoms with Gasteiger partial charge >= 0.3 is 0 Å². The highest BCUT2D eigenvalue weighted by Gasteiger charge is 2.23. The number of nitrogens with zero attached hydrogens (tertiary/aromatic N) is 2. The second-order valence-electron chi connectivity index (χ2n) is 5.90. The molecule has 0 aromatic rings. The van der Waals surface area contributed by atoms with Crippen LogP contribution in [0, 0.1) is 5.92 Å². The number of amidine groups is 1. The monoisotopic (exact) mass is 269 g/mol. The molecule has 2 atom stereocenters. The molecule has 0 aromatic heterocycles. The average Bonchev–Trinajstić information content (AvgIpc) is 2.86. The third-order valence-corrected chi connectivity index (χ3v) is 5.07. The summed E-state index contributed by atoms with van der Waals surface area (Å²) in [6.45, 7) is 10.3. The van der Waals surface area contributed by atoms with Gasteiger partial charge < -0.3 is 5.32 Å². The number of aliphatic imine (C=N–C) groups is 1. The van der Waals surface area contributed by atoms with Crippen LogP contribution in [0.3, 0.4) is 0 Å². The Kier molecular flexibility index (Phi) is 5.37. The first-order valence-electron chi connectivity index (χ1n) is 7.34. The largest absolute Gasteiger partial charge is 0.361 e. The maximum Gasteiger partial charge on any atom is 0.156 e. The van der Waals surface area contributed by atoms with Gasteiger partial charge in [-0.15, -0.1) is 0 Å². The van der Waals surface area contributed by atoms with Crippen LogP contribution < -0.4 is 5.32 Å². The van der Waals surface area contributed by atoms with Crippen molar-refractivity contribution in [3.63, 3.8) is 0 Å². The highest BCUT2D eigenvalue weighted by molar-refractivity contribution is 8.14. The van der Waals surface area contributed by atoms with Crippen molar-refractivity contribution in [3.05, 3.63) is 0 Å². The Labute approximate surface area is 116 Å². The fourth-order valence-electron chi connectivity index (χ4n) is 2.55. The standard InChI is InChI=1S/C14H27N3S/c1-11(2)13-10-18-14(16-13)15-9-12(3)17-7-5-4-6-8-17/h11-13H,4-10H2,1-3H3,(H,15,16). The highest BCUT2D eigenvalue weighted by Crippen LogP contribution is 2.19. The van der Waals surface area contributed by atoms with Gasteiger partial charge in [-0.1, -0.05) is 32.0 Å². The van der Waals surface area contributed by atoms with E-state index < -0.39 is 0 Å². The molecule has 2 rings (SSSR count). The molecule has 2 saturated heterocycles. The second kappa shape index (κ2) is 6.80. The minimum atomic E-state index is 0.596. The molecule has 0 amide bonds. The van der Waals surface area contributed by atoms with E-state index in [2.05, 4.69) is 31.0 Å². The Hall–Kier alpha value is -0.220.